The van der Waals surface area contributed by atoms with Gasteiger partial charge in [-0.05, 0) is 50.2 Å². The summed E-state index contributed by atoms with van der Waals surface area (Å²) in [5.74, 6) is 0. The molecule has 0 aliphatic heterocycles. The van der Waals surface area contributed by atoms with E-state index in [4.69, 9.17) is 4.43 Å². The molecule has 0 heterocycles. The summed E-state index contributed by atoms with van der Waals surface area (Å²) < 4.78 is 6.29. The summed E-state index contributed by atoms with van der Waals surface area (Å²) in [7, 11) is -1.53. The third kappa shape index (κ3) is 26.2. The average Bonchev–Trinajstić information content (AvgIpc) is 2.87. The highest BCUT2D eigenvalue weighted by atomic mass is 28.4. The highest BCUT2D eigenvalue weighted by Crippen LogP contribution is 2.36. The van der Waals surface area contributed by atoms with Crippen molar-refractivity contribution in [3.05, 3.63) is 12.2 Å². The van der Waals surface area contributed by atoms with E-state index in [-0.39, 0.29) is 0 Å². The maximum absolute atomic E-state index is 6.29. The summed E-state index contributed by atoms with van der Waals surface area (Å²) in [6.07, 6.45) is 41.8. The molecule has 0 fully saturated rings. The van der Waals surface area contributed by atoms with E-state index in [1.54, 1.807) is 0 Å². The van der Waals surface area contributed by atoms with Gasteiger partial charge >= 0.3 is 0 Å². The second-order valence-corrected chi connectivity index (χ2v) is 18.6. The smallest absolute Gasteiger partial charge is 0.191 e. The van der Waals surface area contributed by atoms with Crippen molar-refractivity contribution in [3.63, 3.8) is 0 Å². The molecule has 38 heavy (non-hydrogen) atoms. The van der Waals surface area contributed by atoms with Crippen molar-refractivity contribution in [2.24, 2.45) is 0 Å². The fourth-order valence-electron chi connectivity index (χ4n) is 5.01. The van der Waals surface area contributed by atoms with E-state index in [1.165, 1.54) is 167 Å². The van der Waals surface area contributed by atoms with Crippen LogP contribution in [-0.2, 0) is 4.43 Å². The number of rotatable bonds is 29. The molecule has 0 aromatic carbocycles. The van der Waals surface area contributed by atoms with E-state index in [0.29, 0.717) is 5.04 Å². The van der Waals surface area contributed by atoms with Gasteiger partial charge in [-0.1, -0.05) is 175 Å². The largest absolute Gasteiger partial charge is 0.417 e. The van der Waals surface area contributed by atoms with Gasteiger partial charge < -0.3 is 4.43 Å². The molecule has 0 saturated heterocycles. The predicted octanol–water partition coefficient (Wildman–Crippen LogP) is 13.7. The van der Waals surface area contributed by atoms with Gasteiger partial charge in [0.1, 0.15) is 0 Å². The average molecular weight is 551 g/mol. The molecule has 0 saturated carbocycles. The SMILES string of the molecule is CCCCCCCCCC=CCCCCCCCCCCCCCCCCCCCO[Si](C)(C)C(C)(C)C. The topological polar surface area (TPSA) is 9.23 Å². The molecular weight excluding hydrogens is 476 g/mol. The van der Waals surface area contributed by atoms with Crippen LogP contribution in [0, 0.1) is 0 Å². The van der Waals surface area contributed by atoms with Crippen LogP contribution < -0.4 is 0 Å². The first kappa shape index (κ1) is 37.9. The summed E-state index contributed by atoms with van der Waals surface area (Å²) in [4.78, 5) is 0. The van der Waals surface area contributed by atoms with Gasteiger partial charge in [0.2, 0.25) is 0 Å². The van der Waals surface area contributed by atoms with E-state index in [0.717, 1.165) is 6.61 Å². The van der Waals surface area contributed by atoms with Crippen LogP contribution in [0.25, 0.3) is 0 Å². The predicted molar refractivity (Wildman–Crippen MR) is 178 cm³/mol. The molecule has 0 unspecified atom stereocenters. The Labute approximate surface area is 243 Å². The lowest BCUT2D eigenvalue weighted by atomic mass is 10.0. The first-order chi connectivity index (χ1) is 18.3. The normalized spacial score (nSPS) is 12.7. The molecule has 2 heteroatoms. The van der Waals surface area contributed by atoms with Crippen LogP contribution in [0.15, 0.2) is 12.2 Å². The Balaban J connectivity index is 3.18. The number of hydrogen-bond acceptors (Lipinski definition) is 1. The lowest BCUT2D eigenvalue weighted by Gasteiger charge is -2.36. The van der Waals surface area contributed by atoms with Gasteiger partial charge in [0.25, 0.3) is 0 Å². The quantitative estimate of drug-likeness (QED) is 0.0511. The van der Waals surface area contributed by atoms with E-state index >= 15 is 0 Å². The maximum atomic E-state index is 6.29. The lowest BCUT2D eigenvalue weighted by Crippen LogP contribution is -2.40. The third-order valence-corrected chi connectivity index (χ3v) is 13.5. The molecule has 0 radical (unpaired) electrons. The highest BCUT2D eigenvalue weighted by molar-refractivity contribution is 6.74. The monoisotopic (exact) mass is 551 g/mol. The summed E-state index contributed by atoms with van der Waals surface area (Å²) >= 11 is 0. The molecule has 0 aliphatic carbocycles. The lowest BCUT2D eigenvalue weighted by molar-refractivity contribution is 0.277. The summed E-state index contributed by atoms with van der Waals surface area (Å²) in [5, 5.41) is 0.344. The van der Waals surface area contributed by atoms with Gasteiger partial charge in [-0.15, -0.1) is 0 Å². The molecule has 0 atom stereocenters. The standard InChI is InChI=1S/C36H74OSi/c1-7-8-9-10-11-12-13-14-15-16-17-18-19-20-21-22-23-24-25-26-27-28-29-30-31-32-33-34-35-37-38(5,6)36(2,3)4/h15-16H,7-14,17-35H2,1-6H3. The minimum atomic E-state index is -1.53. The molecule has 0 N–H and O–H groups in total. The van der Waals surface area contributed by atoms with Crippen molar-refractivity contribution < 1.29 is 4.43 Å². The molecule has 1 nitrogen and oxygen atoms in total. The van der Waals surface area contributed by atoms with Crippen molar-refractivity contribution in [3.8, 4) is 0 Å². The Morgan fingerprint density at radius 3 is 1.05 bits per heavy atom. The minimum Gasteiger partial charge on any atom is -0.417 e. The Hall–Kier alpha value is -0.0831. The second-order valence-electron chi connectivity index (χ2n) is 13.8. The van der Waals surface area contributed by atoms with Crippen LogP contribution in [-0.4, -0.2) is 14.9 Å². The zero-order valence-corrected chi connectivity index (χ0v) is 28.7. The first-order valence-corrected chi connectivity index (χ1v) is 20.5. The Morgan fingerprint density at radius 1 is 0.447 bits per heavy atom. The summed E-state index contributed by atoms with van der Waals surface area (Å²) in [6.45, 7) is 15.0. The Kier molecular flexibility index (Phi) is 27.0. The van der Waals surface area contributed by atoms with E-state index in [9.17, 15) is 0 Å². The third-order valence-electron chi connectivity index (χ3n) is 8.93. The summed E-state index contributed by atoms with van der Waals surface area (Å²) in [5.41, 5.74) is 0. The van der Waals surface area contributed by atoms with Crippen LogP contribution in [0.1, 0.15) is 195 Å². The van der Waals surface area contributed by atoms with Gasteiger partial charge in [-0.25, -0.2) is 0 Å². The van der Waals surface area contributed by atoms with E-state index in [1.807, 2.05) is 0 Å². The fourth-order valence-corrected chi connectivity index (χ4v) is 6.10. The molecule has 0 spiro atoms. The van der Waals surface area contributed by atoms with E-state index < -0.39 is 8.32 Å². The van der Waals surface area contributed by atoms with Gasteiger partial charge in [-0.2, -0.15) is 0 Å². The fraction of sp³-hybridized carbons (Fsp3) is 0.944. The molecule has 0 aromatic rings. The first-order valence-electron chi connectivity index (χ1n) is 17.6. The van der Waals surface area contributed by atoms with Gasteiger partial charge in [-0.3, -0.25) is 0 Å². The number of hydrogen-bond donors (Lipinski definition) is 0. The second kappa shape index (κ2) is 27.1. The van der Waals surface area contributed by atoms with Crippen LogP contribution in [0.4, 0.5) is 0 Å². The van der Waals surface area contributed by atoms with Crippen molar-refractivity contribution in [1.29, 1.82) is 0 Å². The van der Waals surface area contributed by atoms with Crippen LogP contribution >= 0.6 is 0 Å². The number of allylic oxidation sites excluding steroid dienone is 2. The zero-order chi connectivity index (χ0) is 28.2. The molecule has 0 aromatic heterocycles. The zero-order valence-electron chi connectivity index (χ0n) is 27.7. The minimum absolute atomic E-state index is 0.344. The van der Waals surface area contributed by atoms with Crippen molar-refractivity contribution in [1.82, 2.24) is 0 Å². The molecule has 0 bridgehead atoms. The van der Waals surface area contributed by atoms with Crippen LogP contribution in [0.2, 0.25) is 18.1 Å². The molecule has 0 aliphatic rings. The van der Waals surface area contributed by atoms with Gasteiger partial charge in [0, 0.05) is 6.61 Å². The van der Waals surface area contributed by atoms with Crippen molar-refractivity contribution >= 4 is 8.32 Å². The summed E-state index contributed by atoms with van der Waals surface area (Å²) in [6, 6.07) is 0. The molecule has 0 rings (SSSR count). The van der Waals surface area contributed by atoms with Gasteiger partial charge in [0.05, 0.1) is 0 Å². The van der Waals surface area contributed by atoms with Crippen LogP contribution in [0.5, 0.6) is 0 Å². The molecular formula is C36H74OSi. The van der Waals surface area contributed by atoms with Crippen molar-refractivity contribution in [2.45, 2.75) is 213 Å². The Morgan fingerprint density at radius 2 is 0.737 bits per heavy atom. The molecule has 0 amide bonds. The Bertz CT molecular complexity index is 490. The van der Waals surface area contributed by atoms with Crippen LogP contribution in [0.3, 0.4) is 0 Å². The van der Waals surface area contributed by atoms with Gasteiger partial charge in [0.15, 0.2) is 8.32 Å². The highest BCUT2D eigenvalue weighted by Gasteiger charge is 2.36. The maximum Gasteiger partial charge on any atom is 0.191 e. The van der Waals surface area contributed by atoms with E-state index in [2.05, 4.69) is 52.9 Å². The molecule has 228 valence electrons. The van der Waals surface area contributed by atoms with Crippen molar-refractivity contribution in [2.75, 3.05) is 6.61 Å². The number of unbranched alkanes of at least 4 members (excludes halogenated alkanes) is 24.